The van der Waals surface area contributed by atoms with Gasteiger partial charge in [0.2, 0.25) is 0 Å². The van der Waals surface area contributed by atoms with Gasteiger partial charge in [-0.25, -0.2) is 4.79 Å². The molecule has 6 heteroatoms. The van der Waals surface area contributed by atoms with Gasteiger partial charge in [0.05, 0.1) is 18.6 Å². The Hall–Kier alpha value is -1.77. The molecule has 0 aromatic rings. The number of ether oxygens (including phenoxy) is 2. The molecular formula is C15H24N2O4. The van der Waals surface area contributed by atoms with Crippen LogP contribution >= 0.6 is 0 Å². The molecule has 1 saturated heterocycles. The zero-order valence-corrected chi connectivity index (χ0v) is 13.3. The Morgan fingerprint density at radius 2 is 1.86 bits per heavy atom. The van der Waals surface area contributed by atoms with Crippen molar-refractivity contribution in [2.75, 3.05) is 20.2 Å². The second-order valence-electron chi connectivity index (χ2n) is 6.44. The van der Waals surface area contributed by atoms with Crippen LogP contribution < -0.4 is 0 Å². The summed E-state index contributed by atoms with van der Waals surface area (Å²) in [5.41, 5.74) is -1.07. The van der Waals surface area contributed by atoms with E-state index in [0.29, 0.717) is 32.4 Å². The third kappa shape index (κ3) is 5.25. The fourth-order valence-electron chi connectivity index (χ4n) is 2.30. The molecule has 0 bridgehead atoms. The zero-order chi connectivity index (χ0) is 16.1. The minimum atomic E-state index is -0.549. The minimum absolute atomic E-state index is 0.233. The van der Waals surface area contributed by atoms with Gasteiger partial charge in [0, 0.05) is 19.5 Å². The number of carbonyl (C=O) groups is 2. The van der Waals surface area contributed by atoms with E-state index >= 15 is 0 Å². The van der Waals surface area contributed by atoms with Gasteiger partial charge in [-0.3, -0.25) is 4.79 Å². The second-order valence-corrected chi connectivity index (χ2v) is 6.44. The van der Waals surface area contributed by atoms with E-state index in [1.54, 1.807) is 4.90 Å². The van der Waals surface area contributed by atoms with E-state index in [-0.39, 0.29) is 18.5 Å². The van der Waals surface area contributed by atoms with Crippen LogP contribution in [0.3, 0.4) is 0 Å². The Morgan fingerprint density at radius 3 is 2.29 bits per heavy atom. The van der Waals surface area contributed by atoms with E-state index in [1.165, 1.54) is 7.11 Å². The number of hydrogen-bond acceptors (Lipinski definition) is 5. The van der Waals surface area contributed by atoms with E-state index in [0.717, 1.165) is 0 Å². The summed E-state index contributed by atoms with van der Waals surface area (Å²) in [7, 11) is 1.34. The molecule has 0 N–H and O–H groups in total. The summed E-state index contributed by atoms with van der Waals surface area (Å²) >= 11 is 0. The third-order valence-electron chi connectivity index (χ3n) is 3.64. The van der Waals surface area contributed by atoms with Gasteiger partial charge < -0.3 is 14.4 Å². The van der Waals surface area contributed by atoms with E-state index < -0.39 is 11.0 Å². The third-order valence-corrected chi connectivity index (χ3v) is 3.64. The van der Waals surface area contributed by atoms with Gasteiger partial charge in [0.25, 0.3) is 0 Å². The van der Waals surface area contributed by atoms with Crippen molar-refractivity contribution in [1.29, 1.82) is 5.26 Å². The van der Waals surface area contributed by atoms with Crippen LogP contribution in [0.1, 0.15) is 46.5 Å². The van der Waals surface area contributed by atoms with Crippen LogP contribution in [0.15, 0.2) is 0 Å². The fourth-order valence-corrected chi connectivity index (χ4v) is 2.30. The maximum absolute atomic E-state index is 12.0. The molecule has 21 heavy (non-hydrogen) atoms. The number of nitrogens with zero attached hydrogens (tertiary/aromatic N) is 2. The van der Waals surface area contributed by atoms with Gasteiger partial charge in [-0.15, -0.1) is 0 Å². The first-order chi connectivity index (χ1) is 9.71. The molecule has 1 rings (SSSR count). The normalized spacial score (nSPS) is 17.8. The Labute approximate surface area is 126 Å². The summed E-state index contributed by atoms with van der Waals surface area (Å²) in [5.74, 6) is -0.306. The summed E-state index contributed by atoms with van der Waals surface area (Å²) in [6.45, 7) is 6.42. The molecule has 0 saturated carbocycles. The molecule has 0 aromatic carbocycles. The van der Waals surface area contributed by atoms with Crippen molar-refractivity contribution in [2.45, 2.75) is 52.1 Å². The van der Waals surface area contributed by atoms with E-state index in [4.69, 9.17) is 4.74 Å². The lowest BCUT2D eigenvalue weighted by Crippen LogP contribution is -2.45. The number of hydrogen-bond donors (Lipinski definition) is 0. The van der Waals surface area contributed by atoms with Crippen molar-refractivity contribution in [1.82, 2.24) is 4.90 Å². The minimum Gasteiger partial charge on any atom is -0.469 e. The maximum Gasteiger partial charge on any atom is 0.410 e. The predicted octanol–water partition coefficient (Wildman–Crippen LogP) is 2.48. The van der Waals surface area contributed by atoms with Crippen molar-refractivity contribution in [3.63, 3.8) is 0 Å². The van der Waals surface area contributed by atoms with Crippen molar-refractivity contribution < 1.29 is 19.1 Å². The molecule has 1 aliphatic rings. The highest BCUT2D eigenvalue weighted by Crippen LogP contribution is 2.36. The summed E-state index contributed by atoms with van der Waals surface area (Å²) in [5, 5.41) is 9.40. The molecule has 118 valence electrons. The van der Waals surface area contributed by atoms with Gasteiger partial charge in [-0.2, -0.15) is 5.26 Å². The van der Waals surface area contributed by atoms with E-state index in [1.807, 2.05) is 20.8 Å². The fraction of sp³-hybridized carbons (Fsp3) is 0.800. The van der Waals surface area contributed by atoms with E-state index in [2.05, 4.69) is 10.8 Å². The number of amides is 1. The molecule has 0 spiro atoms. The van der Waals surface area contributed by atoms with Crippen LogP contribution in [0.25, 0.3) is 0 Å². The molecule has 1 heterocycles. The molecule has 0 aliphatic carbocycles. The summed E-state index contributed by atoms with van der Waals surface area (Å²) < 4.78 is 9.94. The first-order valence-electron chi connectivity index (χ1n) is 7.17. The summed E-state index contributed by atoms with van der Waals surface area (Å²) in [6, 6.07) is 2.32. The van der Waals surface area contributed by atoms with Gasteiger partial charge in [0.1, 0.15) is 5.60 Å². The monoisotopic (exact) mass is 296 g/mol. The number of carbonyl (C=O) groups excluding carboxylic acids is 2. The summed E-state index contributed by atoms with van der Waals surface area (Å²) in [4.78, 5) is 24.8. The molecule has 0 radical (unpaired) electrons. The number of piperidine rings is 1. The molecule has 1 amide bonds. The standard InChI is InChI=1S/C15H24N2O4/c1-14(2,3)21-13(19)17-9-7-15(11-16,8-10-17)6-5-12(18)20-4/h5-10H2,1-4H3. The Kier molecular flexibility index (Phi) is 5.59. The number of likely N-dealkylation sites (tertiary alicyclic amines) is 1. The molecule has 1 aliphatic heterocycles. The Balaban J connectivity index is 2.54. The Bertz CT molecular complexity index is 426. The lowest BCUT2D eigenvalue weighted by atomic mass is 9.76. The van der Waals surface area contributed by atoms with Crippen LogP contribution in [0.4, 0.5) is 4.79 Å². The number of methoxy groups -OCH3 is 1. The smallest absolute Gasteiger partial charge is 0.410 e. The van der Waals surface area contributed by atoms with Crippen LogP contribution in [-0.2, 0) is 14.3 Å². The van der Waals surface area contributed by atoms with E-state index in [9.17, 15) is 14.9 Å². The van der Waals surface area contributed by atoms with Crippen LogP contribution in [-0.4, -0.2) is 42.8 Å². The summed E-state index contributed by atoms with van der Waals surface area (Å²) in [6.07, 6.45) is 1.47. The SMILES string of the molecule is COC(=O)CCC1(C#N)CCN(C(=O)OC(C)(C)C)CC1. The van der Waals surface area contributed by atoms with Crippen LogP contribution in [0.5, 0.6) is 0 Å². The highest BCUT2D eigenvalue weighted by atomic mass is 16.6. The number of rotatable bonds is 3. The second kappa shape index (κ2) is 6.79. The van der Waals surface area contributed by atoms with Crippen molar-refractivity contribution in [3.05, 3.63) is 0 Å². The lowest BCUT2D eigenvalue weighted by molar-refractivity contribution is -0.141. The van der Waals surface area contributed by atoms with Crippen LogP contribution in [0.2, 0.25) is 0 Å². The van der Waals surface area contributed by atoms with Crippen molar-refractivity contribution >= 4 is 12.1 Å². The highest BCUT2D eigenvalue weighted by Gasteiger charge is 2.37. The average Bonchev–Trinajstić information content (AvgIpc) is 2.43. The molecule has 6 nitrogen and oxygen atoms in total. The molecule has 1 fully saturated rings. The number of esters is 1. The Morgan fingerprint density at radius 1 is 1.29 bits per heavy atom. The van der Waals surface area contributed by atoms with Gasteiger partial charge in [-0.05, 0) is 40.0 Å². The van der Waals surface area contributed by atoms with Gasteiger partial charge in [0.15, 0.2) is 0 Å². The zero-order valence-electron chi connectivity index (χ0n) is 13.3. The highest BCUT2D eigenvalue weighted by molar-refractivity contribution is 5.69. The predicted molar refractivity (Wildman–Crippen MR) is 76.3 cm³/mol. The van der Waals surface area contributed by atoms with Gasteiger partial charge >= 0.3 is 12.1 Å². The first-order valence-corrected chi connectivity index (χ1v) is 7.17. The molecule has 0 unspecified atom stereocenters. The van der Waals surface area contributed by atoms with Crippen LogP contribution in [0, 0.1) is 16.7 Å². The quantitative estimate of drug-likeness (QED) is 0.747. The van der Waals surface area contributed by atoms with Gasteiger partial charge in [-0.1, -0.05) is 0 Å². The maximum atomic E-state index is 12.0. The first kappa shape index (κ1) is 17.3. The molecule has 0 atom stereocenters. The average molecular weight is 296 g/mol. The van der Waals surface area contributed by atoms with Crippen molar-refractivity contribution in [3.8, 4) is 6.07 Å². The van der Waals surface area contributed by atoms with Crippen molar-refractivity contribution in [2.24, 2.45) is 5.41 Å². The molecular weight excluding hydrogens is 272 g/mol. The number of nitriles is 1. The largest absolute Gasteiger partial charge is 0.469 e. The topological polar surface area (TPSA) is 79.6 Å². The molecule has 0 aromatic heterocycles. The lowest BCUT2D eigenvalue weighted by Gasteiger charge is -2.37.